The molecule has 0 spiro atoms. The molecule has 7 nitrogen and oxygen atoms in total. The summed E-state index contributed by atoms with van der Waals surface area (Å²) in [6.45, 7) is 0.339. The van der Waals surface area contributed by atoms with Crippen molar-refractivity contribution in [2.45, 2.75) is 38.5 Å². The van der Waals surface area contributed by atoms with E-state index < -0.39 is 21.4 Å². The number of nitrogens with one attached hydrogen (secondary N) is 2. The van der Waals surface area contributed by atoms with Gasteiger partial charge in [-0.2, -0.15) is 0 Å². The minimum Gasteiger partial charge on any atom is -0.481 e. The van der Waals surface area contributed by atoms with Crippen LogP contribution in [-0.4, -0.2) is 44.7 Å². The molecule has 0 aromatic heterocycles. The summed E-state index contributed by atoms with van der Waals surface area (Å²) in [6.07, 6.45) is 4.68. The predicted molar refractivity (Wildman–Crippen MR) is 73.6 cm³/mol. The van der Waals surface area contributed by atoms with Crippen molar-refractivity contribution in [1.29, 1.82) is 0 Å². The average molecular weight is 306 g/mol. The molecule has 0 aromatic carbocycles. The molecule has 0 saturated heterocycles. The third kappa shape index (κ3) is 6.33. The summed E-state index contributed by atoms with van der Waals surface area (Å²) >= 11 is 0. The topological polar surface area (TPSA) is 113 Å². The molecule has 1 rings (SSSR count). The van der Waals surface area contributed by atoms with Gasteiger partial charge in [-0.3, -0.25) is 9.59 Å². The lowest BCUT2D eigenvalue weighted by atomic mass is 9.79. The fraction of sp³-hybridized carbons (Fsp3) is 0.833. The number of aliphatic carboxylic acids is 1. The first kappa shape index (κ1) is 16.9. The van der Waals surface area contributed by atoms with Gasteiger partial charge in [0.2, 0.25) is 15.9 Å². The summed E-state index contributed by atoms with van der Waals surface area (Å²) in [7, 11) is -3.25. The number of carboxylic acid groups (broad SMARTS) is 1. The third-order valence-electron chi connectivity index (χ3n) is 3.54. The van der Waals surface area contributed by atoms with E-state index in [1.54, 1.807) is 0 Å². The van der Waals surface area contributed by atoms with Crippen LogP contribution in [0.1, 0.15) is 38.5 Å². The molecule has 0 heterocycles. The lowest BCUT2D eigenvalue weighted by Gasteiger charge is -2.26. The summed E-state index contributed by atoms with van der Waals surface area (Å²) in [6, 6.07) is 0. The summed E-state index contributed by atoms with van der Waals surface area (Å²) in [5.74, 6) is -1.10. The highest BCUT2D eigenvalue weighted by Crippen LogP contribution is 2.43. The number of amides is 1. The van der Waals surface area contributed by atoms with Gasteiger partial charge in [0.25, 0.3) is 0 Å². The number of rotatable bonds is 8. The molecule has 116 valence electrons. The van der Waals surface area contributed by atoms with Gasteiger partial charge in [0.05, 0.1) is 12.7 Å². The van der Waals surface area contributed by atoms with Crippen molar-refractivity contribution < 1.29 is 23.1 Å². The largest absolute Gasteiger partial charge is 0.481 e. The van der Waals surface area contributed by atoms with Crippen LogP contribution in [0.5, 0.6) is 0 Å². The second-order valence-electron chi connectivity index (χ2n) is 5.47. The highest BCUT2D eigenvalue weighted by atomic mass is 32.2. The first-order valence-electron chi connectivity index (χ1n) is 6.66. The van der Waals surface area contributed by atoms with Gasteiger partial charge in [-0.1, -0.05) is 12.8 Å². The number of hydrogen-bond donors (Lipinski definition) is 3. The second-order valence-corrected chi connectivity index (χ2v) is 7.30. The van der Waals surface area contributed by atoms with Crippen molar-refractivity contribution in [2.24, 2.45) is 5.41 Å². The smallest absolute Gasteiger partial charge is 0.303 e. The molecular formula is C12H22N2O5S. The van der Waals surface area contributed by atoms with Gasteiger partial charge in [0.1, 0.15) is 0 Å². The highest BCUT2D eigenvalue weighted by Gasteiger charge is 2.37. The van der Waals surface area contributed by atoms with Crippen LogP contribution in [0.4, 0.5) is 0 Å². The molecule has 1 aliphatic carbocycles. The Kier molecular flexibility index (Phi) is 5.94. The van der Waals surface area contributed by atoms with Crippen LogP contribution < -0.4 is 10.0 Å². The molecular weight excluding hydrogens is 284 g/mol. The number of carboxylic acids is 1. The Labute approximate surface area is 119 Å². The van der Waals surface area contributed by atoms with Crippen molar-refractivity contribution in [1.82, 2.24) is 10.0 Å². The number of hydrogen-bond acceptors (Lipinski definition) is 4. The van der Waals surface area contributed by atoms with Crippen molar-refractivity contribution >= 4 is 21.9 Å². The Morgan fingerprint density at radius 3 is 2.25 bits per heavy atom. The van der Waals surface area contributed by atoms with Crippen LogP contribution in [0.15, 0.2) is 0 Å². The molecule has 0 atom stereocenters. The van der Waals surface area contributed by atoms with Crippen molar-refractivity contribution in [3.05, 3.63) is 0 Å². The van der Waals surface area contributed by atoms with E-state index in [1.807, 2.05) is 0 Å². The Morgan fingerprint density at radius 1 is 1.15 bits per heavy atom. The Hall–Kier alpha value is -1.15. The van der Waals surface area contributed by atoms with E-state index in [0.29, 0.717) is 0 Å². The van der Waals surface area contributed by atoms with Gasteiger partial charge in [-0.05, 0) is 18.3 Å². The number of carbonyl (C=O) groups excluding carboxylic acids is 1. The molecule has 3 N–H and O–H groups in total. The maximum Gasteiger partial charge on any atom is 0.303 e. The van der Waals surface area contributed by atoms with Crippen LogP contribution >= 0.6 is 0 Å². The Bertz CT molecular complexity index is 454. The molecule has 8 heteroatoms. The van der Waals surface area contributed by atoms with Crippen LogP contribution in [0.25, 0.3) is 0 Å². The van der Waals surface area contributed by atoms with E-state index in [1.165, 1.54) is 0 Å². The first-order chi connectivity index (χ1) is 9.22. The minimum absolute atomic E-state index is 0.0159. The van der Waals surface area contributed by atoms with Crippen molar-refractivity contribution in [2.75, 3.05) is 19.3 Å². The van der Waals surface area contributed by atoms with Gasteiger partial charge < -0.3 is 10.4 Å². The summed E-state index contributed by atoms with van der Waals surface area (Å²) in [4.78, 5) is 22.7. The molecule has 1 aliphatic rings. The molecule has 20 heavy (non-hydrogen) atoms. The maximum absolute atomic E-state index is 11.8. The number of carbonyl (C=O) groups is 2. The Morgan fingerprint density at radius 2 is 1.75 bits per heavy atom. The van der Waals surface area contributed by atoms with Gasteiger partial charge in [0, 0.05) is 19.5 Å². The third-order valence-corrected chi connectivity index (χ3v) is 4.27. The zero-order valence-electron chi connectivity index (χ0n) is 11.6. The lowest BCUT2D eigenvalue weighted by molar-refractivity contribution is -0.140. The van der Waals surface area contributed by atoms with Crippen molar-refractivity contribution in [3.63, 3.8) is 0 Å². The summed E-state index contributed by atoms with van der Waals surface area (Å²) in [5, 5.41) is 11.6. The van der Waals surface area contributed by atoms with Crippen LogP contribution in [0.3, 0.4) is 0 Å². The molecule has 1 fully saturated rings. The molecule has 1 saturated carbocycles. The summed E-state index contributed by atoms with van der Waals surface area (Å²) < 4.78 is 24.0. The van der Waals surface area contributed by atoms with E-state index in [4.69, 9.17) is 5.11 Å². The van der Waals surface area contributed by atoms with Gasteiger partial charge >= 0.3 is 5.97 Å². The summed E-state index contributed by atoms with van der Waals surface area (Å²) in [5.41, 5.74) is -0.430. The zero-order valence-corrected chi connectivity index (χ0v) is 12.5. The highest BCUT2D eigenvalue weighted by molar-refractivity contribution is 7.88. The van der Waals surface area contributed by atoms with Gasteiger partial charge in [0.15, 0.2) is 0 Å². The molecule has 1 amide bonds. The molecule has 0 radical (unpaired) electrons. The fourth-order valence-corrected chi connectivity index (χ4v) is 3.18. The molecule has 0 unspecified atom stereocenters. The first-order valence-corrected chi connectivity index (χ1v) is 8.55. The minimum atomic E-state index is -3.25. The van der Waals surface area contributed by atoms with Gasteiger partial charge in [-0.25, -0.2) is 13.1 Å². The standard InChI is InChI=1S/C12H22N2O5S/c1-20(18,19)14-7-6-13-10(15)8-12(9-11(16)17)4-2-3-5-12/h14H,2-9H2,1H3,(H,13,15)(H,16,17). The van der Waals surface area contributed by atoms with Crippen molar-refractivity contribution in [3.8, 4) is 0 Å². The van der Waals surface area contributed by atoms with Gasteiger partial charge in [-0.15, -0.1) is 0 Å². The van der Waals surface area contributed by atoms with E-state index >= 15 is 0 Å². The van der Waals surface area contributed by atoms with Crippen LogP contribution in [0.2, 0.25) is 0 Å². The second kappa shape index (κ2) is 7.03. The van der Waals surface area contributed by atoms with E-state index in [9.17, 15) is 18.0 Å². The Balaban J connectivity index is 2.37. The normalized spacial score (nSPS) is 17.9. The zero-order chi connectivity index (χ0) is 15.2. The SMILES string of the molecule is CS(=O)(=O)NCCNC(=O)CC1(CC(=O)O)CCCC1. The predicted octanol–water partition coefficient (Wildman–Crippen LogP) is 0.0770. The van der Waals surface area contributed by atoms with E-state index in [2.05, 4.69) is 10.0 Å². The maximum atomic E-state index is 11.8. The fourth-order valence-electron chi connectivity index (χ4n) is 2.70. The molecule has 0 aromatic rings. The van der Waals surface area contributed by atoms with Crippen LogP contribution in [-0.2, 0) is 19.6 Å². The molecule has 0 bridgehead atoms. The van der Waals surface area contributed by atoms with E-state index in [-0.39, 0.29) is 31.8 Å². The van der Waals surface area contributed by atoms with E-state index in [0.717, 1.165) is 31.9 Å². The molecule has 0 aliphatic heterocycles. The van der Waals surface area contributed by atoms with Crippen LogP contribution in [0, 0.1) is 5.41 Å². The average Bonchev–Trinajstić information content (AvgIpc) is 2.70. The number of sulfonamides is 1. The lowest BCUT2D eigenvalue weighted by Crippen LogP contribution is -2.37. The monoisotopic (exact) mass is 306 g/mol. The quantitative estimate of drug-likeness (QED) is 0.550.